The standard InChI is InChI=1S/C26H33N3O9/c1-28(2)8-9-38-10-12-11-6-5-7-13(30)14(11)20(31)16-15(12)21(32)18-19(29(3)4)22(33)17(25(27)36)24(35)26(18,37)23(16)34/h5-7,12,15,18-19,21,30-32,35,37H,8-10H2,1-4H3,(H2,27,36)/t12-,15+,18+,19-,21-,26-/m1/s1. The number of hydrogen-bond donors (Lipinski definition) is 6. The molecule has 0 unspecified atom stereocenters. The Balaban J connectivity index is 1.95. The highest BCUT2D eigenvalue weighted by molar-refractivity contribution is 6.24. The van der Waals surface area contributed by atoms with E-state index in [0.717, 1.165) is 0 Å². The summed E-state index contributed by atoms with van der Waals surface area (Å²) >= 11 is 0. The molecule has 1 aromatic carbocycles. The molecule has 0 heterocycles. The molecule has 1 amide bonds. The zero-order chi connectivity index (χ0) is 28.3. The molecule has 7 N–H and O–H groups in total. The van der Waals surface area contributed by atoms with Crippen molar-refractivity contribution in [3.63, 3.8) is 0 Å². The first-order valence-corrected chi connectivity index (χ1v) is 12.1. The van der Waals surface area contributed by atoms with Crippen molar-refractivity contribution in [1.29, 1.82) is 0 Å². The Labute approximate surface area is 219 Å². The number of rotatable bonds is 7. The summed E-state index contributed by atoms with van der Waals surface area (Å²) in [6.07, 6.45) is -1.68. The third-order valence-electron chi connectivity index (χ3n) is 7.78. The molecule has 12 heteroatoms. The van der Waals surface area contributed by atoms with Crippen LogP contribution in [0.15, 0.2) is 35.1 Å². The van der Waals surface area contributed by atoms with E-state index in [9.17, 15) is 39.9 Å². The summed E-state index contributed by atoms with van der Waals surface area (Å²) in [5, 5.41) is 56.3. The lowest BCUT2D eigenvalue weighted by molar-refractivity contribution is -0.170. The van der Waals surface area contributed by atoms with Gasteiger partial charge in [-0.25, -0.2) is 0 Å². The number of aromatic hydroxyl groups is 1. The van der Waals surface area contributed by atoms with Crippen molar-refractivity contribution < 1.29 is 44.7 Å². The number of nitrogens with two attached hydrogens (primary N) is 1. The number of phenols is 1. The molecule has 0 spiro atoms. The van der Waals surface area contributed by atoms with Crippen molar-refractivity contribution in [2.75, 3.05) is 47.9 Å². The predicted molar refractivity (Wildman–Crippen MR) is 134 cm³/mol. The first-order chi connectivity index (χ1) is 17.8. The lowest BCUT2D eigenvalue weighted by Crippen LogP contribution is -2.70. The number of benzene rings is 1. The Hall–Kier alpha value is -3.29. The fourth-order valence-corrected chi connectivity index (χ4v) is 6.05. The summed E-state index contributed by atoms with van der Waals surface area (Å²) < 4.78 is 5.87. The average molecular weight is 532 g/mol. The molecule has 0 bridgehead atoms. The molecule has 0 saturated heterocycles. The molecule has 1 aromatic rings. The monoisotopic (exact) mass is 531 g/mol. The van der Waals surface area contributed by atoms with Crippen LogP contribution >= 0.6 is 0 Å². The first kappa shape index (κ1) is 27.7. The van der Waals surface area contributed by atoms with Gasteiger partial charge < -0.3 is 40.9 Å². The molecule has 0 aromatic heterocycles. The van der Waals surface area contributed by atoms with Crippen LogP contribution in [0.4, 0.5) is 0 Å². The molecule has 0 radical (unpaired) electrons. The van der Waals surface area contributed by atoms with Gasteiger partial charge in [0.1, 0.15) is 22.8 Å². The predicted octanol–water partition coefficient (Wildman–Crippen LogP) is -0.946. The molecule has 6 atom stereocenters. The lowest BCUT2D eigenvalue weighted by Gasteiger charge is -2.54. The summed E-state index contributed by atoms with van der Waals surface area (Å²) in [6.45, 7) is 0.848. The number of amides is 1. The van der Waals surface area contributed by atoms with Gasteiger partial charge in [-0.2, -0.15) is 0 Å². The SMILES string of the molecule is CN(C)CCOC[C@@H]1c2cccc(O)c2C(O)=C2C(=O)[C@@]3(O)C(O)=C(C(N)=O)C(=O)[C@H](N(C)C)[C@H]3[C@H](O)[C@H]21. The van der Waals surface area contributed by atoms with E-state index in [1.807, 2.05) is 19.0 Å². The number of ketones is 2. The van der Waals surface area contributed by atoms with Crippen molar-refractivity contribution in [2.24, 2.45) is 17.6 Å². The van der Waals surface area contributed by atoms with E-state index in [1.165, 1.54) is 25.1 Å². The van der Waals surface area contributed by atoms with Gasteiger partial charge in [0.05, 0.1) is 36.8 Å². The second-order valence-corrected chi connectivity index (χ2v) is 10.5. The molecule has 3 aliphatic rings. The van der Waals surface area contributed by atoms with E-state index in [2.05, 4.69) is 0 Å². The number of primary amides is 1. The van der Waals surface area contributed by atoms with Gasteiger partial charge in [0.2, 0.25) is 5.78 Å². The molecule has 12 nitrogen and oxygen atoms in total. The summed E-state index contributed by atoms with van der Waals surface area (Å²) in [5.74, 6) is -9.40. The minimum absolute atomic E-state index is 0.0316. The minimum Gasteiger partial charge on any atom is -0.508 e. The molecule has 0 aliphatic heterocycles. The van der Waals surface area contributed by atoms with E-state index >= 15 is 0 Å². The van der Waals surface area contributed by atoms with Crippen LogP contribution in [-0.2, 0) is 19.1 Å². The number of aliphatic hydroxyl groups is 4. The fraction of sp³-hybridized carbons (Fsp3) is 0.500. The summed E-state index contributed by atoms with van der Waals surface area (Å²) in [6, 6.07) is 3.07. The van der Waals surface area contributed by atoms with Crippen LogP contribution in [0.5, 0.6) is 5.75 Å². The molecular formula is C26H33N3O9. The van der Waals surface area contributed by atoms with E-state index in [-0.39, 0.29) is 17.9 Å². The fourth-order valence-electron chi connectivity index (χ4n) is 6.05. The van der Waals surface area contributed by atoms with Gasteiger partial charge in [-0.3, -0.25) is 19.3 Å². The Morgan fingerprint density at radius 2 is 1.79 bits per heavy atom. The second kappa shape index (κ2) is 9.79. The number of ether oxygens (including phenoxy) is 1. The van der Waals surface area contributed by atoms with Crippen molar-refractivity contribution in [3.8, 4) is 5.75 Å². The number of likely N-dealkylation sites (N-methyl/N-ethyl adjacent to an activating group) is 2. The third kappa shape index (κ3) is 3.91. The van der Waals surface area contributed by atoms with E-state index in [4.69, 9.17) is 10.5 Å². The summed E-state index contributed by atoms with van der Waals surface area (Å²) in [4.78, 5) is 42.6. The Bertz CT molecular complexity index is 1250. The molecule has 38 heavy (non-hydrogen) atoms. The maximum Gasteiger partial charge on any atom is 0.255 e. The largest absolute Gasteiger partial charge is 0.508 e. The normalized spacial score (nSPS) is 31.0. The van der Waals surface area contributed by atoms with Crippen molar-refractivity contribution in [3.05, 3.63) is 46.2 Å². The average Bonchev–Trinajstić information content (AvgIpc) is 2.82. The lowest BCUT2D eigenvalue weighted by atomic mass is 9.54. The smallest absolute Gasteiger partial charge is 0.255 e. The number of carbonyl (C=O) groups is 3. The first-order valence-electron chi connectivity index (χ1n) is 12.1. The van der Waals surface area contributed by atoms with Gasteiger partial charge in [-0.15, -0.1) is 0 Å². The van der Waals surface area contributed by atoms with Crippen molar-refractivity contribution in [1.82, 2.24) is 9.80 Å². The van der Waals surface area contributed by atoms with Crippen LogP contribution in [0.25, 0.3) is 5.76 Å². The number of carbonyl (C=O) groups excluding carboxylic acids is 3. The van der Waals surface area contributed by atoms with Crippen LogP contribution in [0.2, 0.25) is 0 Å². The van der Waals surface area contributed by atoms with Gasteiger partial charge in [0.25, 0.3) is 5.91 Å². The Kier molecular flexibility index (Phi) is 7.14. The number of fused-ring (bicyclic) bond motifs is 3. The molecule has 3 aliphatic carbocycles. The minimum atomic E-state index is -2.95. The van der Waals surface area contributed by atoms with E-state index in [1.54, 1.807) is 12.1 Å². The van der Waals surface area contributed by atoms with Gasteiger partial charge in [-0.1, -0.05) is 12.1 Å². The van der Waals surface area contributed by atoms with Crippen molar-refractivity contribution >= 4 is 23.2 Å². The number of hydrogen-bond acceptors (Lipinski definition) is 11. The summed E-state index contributed by atoms with van der Waals surface area (Å²) in [5.41, 5.74) is 1.30. The highest BCUT2D eigenvalue weighted by atomic mass is 16.5. The third-order valence-corrected chi connectivity index (χ3v) is 7.78. The van der Waals surface area contributed by atoms with Crippen LogP contribution in [-0.4, -0.2) is 119 Å². The maximum atomic E-state index is 14.0. The van der Waals surface area contributed by atoms with Crippen LogP contribution in [0.1, 0.15) is 17.0 Å². The van der Waals surface area contributed by atoms with Crippen LogP contribution in [0.3, 0.4) is 0 Å². The summed E-state index contributed by atoms with van der Waals surface area (Å²) in [7, 11) is 6.64. The second-order valence-electron chi connectivity index (χ2n) is 10.5. The zero-order valence-electron chi connectivity index (χ0n) is 21.6. The van der Waals surface area contributed by atoms with Gasteiger partial charge in [0, 0.05) is 24.0 Å². The van der Waals surface area contributed by atoms with Gasteiger partial charge in [0.15, 0.2) is 11.4 Å². The highest BCUT2D eigenvalue weighted by Gasteiger charge is 2.68. The topological polar surface area (TPSA) is 194 Å². The molecule has 1 fully saturated rings. The number of aliphatic hydroxyl groups excluding tert-OH is 3. The number of Topliss-reactive ketones (excluding diaryl/α,β-unsaturated/α-hetero) is 2. The van der Waals surface area contributed by atoms with Gasteiger partial charge >= 0.3 is 0 Å². The van der Waals surface area contributed by atoms with E-state index < -0.39 is 75.6 Å². The number of nitrogens with zero attached hydrogens (tertiary/aromatic N) is 2. The molecular weight excluding hydrogens is 498 g/mol. The van der Waals surface area contributed by atoms with Crippen LogP contribution in [0, 0.1) is 11.8 Å². The highest BCUT2D eigenvalue weighted by Crippen LogP contribution is 2.56. The molecule has 206 valence electrons. The molecule has 4 rings (SSSR count). The van der Waals surface area contributed by atoms with Crippen LogP contribution < -0.4 is 5.73 Å². The van der Waals surface area contributed by atoms with Crippen molar-refractivity contribution in [2.45, 2.75) is 23.7 Å². The van der Waals surface area contributed by atoms with Gasteiger partial charge in [-0.05, 0) is 39.8 Å². The maximum absolute atomic E-state index is 14.0. The zero-order valence-corrected chi connectivity index (χ0v) is 21.6. The molecule has 1 saturated carbocycles. The quantitative estimate of drug-likeness (QED) is 0.188. The Morgan fingerprint density at radius 1 is 1.13 bits per heavy atom. The number of phenolic OH excluding ortho intramolecular Hbond substituents is 1. The Morgan fingerprint density at radius 3 is 2.37 bits per heavy atom. The van der Waals surface area contributed by atoms with E-state index in [0.29, 0.717) is 18.7 Å².